The van der Waals surface area contributed by atoms with Gasteiger partial charge in [-0.3, -0.25) is 4.79 Å². The fraction of sp³-hybridized carbons (Fsp3) is 0.333. The van der Waals surface area contributed by atoms with Crippen molar-refractivity contribution in [2.24, 2.45) is 0 Å². The Morgan fingerprint density at radius 2 is 1.53 bits per heavy atom. The van der Waals surface area contributed by atoms with Crippen LogP contribution in [0.4, 0.5) is 26.3 Å². The average molecular weight is 530 g/mol. The molecule has 12 heteroatoms. The third-order valence-electron chi connectivity index (χ3n) is 5.57. The molecule has 192 valence electrons. The number of halogens is 6. The smallest absolute Gasteiger partial charge is 0.416 e. The van der Waals surface area contributed by atoms with Crippen LogP contribution in [0.15, 0.2) is 53.7 Å². The van der Waals surface area contributed by atoms with E-state index < -0.39 is 41.2 Å². The van der Waals surface area contributed by atoms with Crippen LogP contribution < -0.4 is 0 Å². The van der Waals surface area contributed by atoms with Crippen LogP contribution in [0.3, 0.4) is 0 Å². The highest BCUT2D eigenvalue weighted by molar-refractivity contribution is 7.99. The summed E-state index contributed by atoms with van der Waals surface area (Å²) in [6.45, 7) is 1.53. The molecule has 0 bridgehead atoms. The number of hydrogen-bond donors (Lipinski definition) is 2. The SMILES string of the molecule is C[C@@]1(O)CC(=O)O[C@@H](CSc2nc(-c3ccc(C(F)(F)F)cc3)c(-c3ccc(C(F)(F)F)cc3)[nH]2)C1. The normalized spacial score (nSPS) is 20.9. The summed E-state index contributed by atoms with van der Waals surface area (Å²) in [7, 11) is 0. The molecule has 0 amide bonds. The summed E-state index contributed by atoms with van der Waals surface area (Å²) in [5.41, 5.74) is -1.66. The van der Waals surface area contributed by atoms with Crippen LogP contribution >= 0.6 is 11.8 Å². The van der Waals surface area contributed by atoms with Gasteiger partial charge in [-0.1, -0.05) is 36.0 Å². The largest absolute Gasteiger partial charge is 0.461 e. The van der Waals surface area contributed by atoms with Gasteiger partial charge < -0.3 is 14.8 Å². The molecule has 0 unspecified atom stereocenters. The number of ether oxygens (including phenoxy) is 1. The van der Waals surface area contributed by atoms with E-state index in [0.29, 0.717) is 22.0 Å². The van der Waals surface area contributed by atoms with Crippen molar-refractivity contribution in [1.29, 1.82) is 0 Å². The molecular weight excluding hydrogens is 510 g/mol. The summed E-state index contributed by atoms with van der Waals surface area (Å²) >= 11 is 1.15. The summed E-state index contributed by atoms with van der Waals surface area (Å²) < 4.78 is 83.2. The Bertz CT molecular complexity index is 1160. The zero-order valence-electron chi connectivity index (χ0n) is 18.7. The first-order valence-electron chi connectivity index (χ1n) is 10.7. The van der Waals surface area contributed by atoms with E-state index in [0.717, 1.165) is 36.0 Å². The van der Waals surface area contributed by atoms with E-state index in [4.69, 9.17) is 4.74 Å². The molecule has 0 saturated carbocycles. The summed E-state index contributed by atoms with van der Waals surface area (Å²) in [5, 5.41) is 10.5. The molecule has 1 aliphatic rings. The zero-order chi connectivity index (χ0) is 26.3. The molecule has 5 nitrogen and oxygen atoms in total. The Morgan fingerprint density at radius 3 is 2.03 bits per heavy atom. The van der Waals surface area contributed by atoms with Gasteiger partial charge in [-0.25, -0.2) is 4.98 Å². The predicted octanol–water partition coefficient (Wildman–Crippen LogP) is 6.33. The van der Waals surface area contributed by atoms with Gasteiger partial charge in [0.05, 0.1) is 34.5 Å². The van der Waals surface area contributed by atoms with E-state index >= 15 is 0 Å². The van der Waals surface area contributed by atoms with Crippen molar-refractivity contribution in [3.05, 3.63) is 59.7 Å². The standard InChI is InChI=1S/C24H20F6N2O3S/c1-22(34)10-17(35-18(33)11-22)12-36-21-31-19(13-2-6-15(7-3-13)23(25,26)27)20(32-21)14-4-8-16(9-5-14)24(28,29)30/h2-9,17,34H,10-12H2,1H3,(H,31,32)/t17-,22+/m1/s1. The second-order valence-corrected chi connectivity index (χ2v) is 9.73. The number of nitrogens with zero attached hydrogens (tertiary/aromatic N) is 1. The lowest BCUT2D eigenvalue weighted by Gasteiger charge is -2.32. The molecule has 3 aromatic rings. The molecule has 0 radical (unpaired) electrons. The van der Waals surface area contributed by atoms with Gasteiger partial charge in [0.2, 0.25) is 0 Å². The van der Waals surface area contributed by atoms with Crippen molar-refractivity contribution in [2.75, 3.05) is 5.75 Å². The number of cyclic esters (lactones) is 1. The third kappa shape index (κ3) is 6.04. The average Bonchev–Trinajstić information content (AvgIpc) is 3.20. The van der Waals surface area contributed by atoms with Gasteiger partial charge in [-0.15, -0.1) is 0 Å². The first-order valence-corrected chi connectivity index (χ1v) is 11.7. The summed E-state index contributed by atoms with van der Waals surface area (Å²) in [5.74, 6) is -0.305. The van der Waals surface area contributed by atoms with Crippen molar-refractivity contribution in [1.82, 2.24) is 9.97 Å². The van der Waals surface area contributed by atoms with Crippen molar-refractivity contribution in [3.63, 3.8) is 0 Å². The summed E-state index contributed by atoms with van der Waals surface area (Å²) in [4.78, 5) is 19.2. The van der Waals surface area contributed by atoms with E-state index in [9.17, 15) is 36.2 Å². The second kappa shape index (κ2) is 9.47. The number of thioether (sulfide) groups is 1. The van der Waals surface area contributed by atoms with E-state index in [-0.39, 0.29) is 24.3 Å². The number of nitrogens with one attached hydrogen (secondary N) is 1. The minimum Gasteiger partial charge on any atom is -0.461 e. The molecule has 2 aromatic carbocycles. The number of alkyl halides is 6. The topological polar surface area (TPSA) is 75.2 Å². The summed E-state index contributed by atoms with van der Waals surface area (Å²) in [6, 6.07) is 8.58. The van der Waals surface area contributed by atoms with Crippen molar-refractivity contribution < 1.29 is 41.0 Å². The number of H-pyrrole nitrogens is 1. The zero-order valence-corrected chi connectivity index (χ0v) is 19.5. The molecule has 2 N–H and O–H groups in total. The van der Waals surface area contributed by atoms with Gasteiger partial charge >= 0.3 is 18.3 Å². The maximum Gasteiger partial charge on any atom is 0.416 e. The monoisotopic (exact) mass is 530 g/mol. The van der Waals surface area contributed by atoms with Gasteiger partial charge in [-0.05, 0) is 31.2 Å². The maximum absolute atomic E-state index is 13.0. The predicted molar refractivity (Wildman–Crippen MR) is 120 cm³/mol. The number of aromatic nitrogens is 2. The first-order chi connectivity index (χ1) is 16.7. The van der Waals surface area contributed by atoms with Gasteiger partial charge in [0.15, 0.2) is 5.16 Å². The number of rotatable bonds is 5. The van der Waals surface area contributed by atoms with Crippen LogP contribution in [0, 0.1) is 0 Å². The molecule has 1 aromatic heterocycles. The number of esters is 1. The Kier molecular flexibility index (Phi) is 6.86. The lowest BCUT2D eigenvalue weighted by molar-refractivity contribution is -0.166. The molecule has 1 aliphatic heterocycles. The molecule has 2 atom stereocenters. The number of carbonyl (C=O) groups is 1. The van der Waals surface area contributed by atoms with E-state index in [1.807, 2.05) is 0 Å². The number of hydrogen-bond acceptors (Lipinski definition) is 5. The number of aliphatic hydroxyl groups is 1. The highest BCUT2D eigenvalue weighted by atomic mass is 32.2. The second-order valence-electron chi connectivity index (χ2n) is 8.72. The Morgan fingerprint density at radius 1 is 1.00 bits per heavy atom. The Hall–Kier alpha value is -2.99. The molecule has 1 fully saturated rings. The molecular formula is C24H20F6N2O3S. The quantitative estimate of drug-likeness (QED) is 0.229. The molecule has 4 rings (SSSR count). The first kappa shape index (κ1) is 26.1. The highest BCUT2D eigenvalue weighted by Gasteiger charge is 2.36. The number of aromatic amines is 1. The van der Waals surface area contributed by atoms with Crippen LogP contribution in [0.5, 0.6) is 0 Å². The van der Waals surface area contributed by atoms with Gasteiger partial charge in [0, 0.05) is 23.3 Å². The number of imidazole rings is 1. The van der Waals surface area contributed by atoms with Crippen LogP contribution in [0.1, 0.15) is 30.9 Å². The van der Waals surface area contributed by atoms with Crippen LogP contribution in [-0.2, 0) is 21.9 Å². The minimum atomic E-state index is -4.53. The van der Waals surface area contributed by atoms with E-state index in [1.165, 1.54) is 31.2 Å². The third-order valence-corrected chi connectivity index (χ3v) is 6.57. The Balaban J connectivity index is 1.65. The van der Waals surface area contributed by atoms with Gasteiger partial charge in [0.1, 0.15) is 6.10 Å². The Labute approximate surface area is 205 Å². The summed E-state index contributed by atoms with van der Waals surface area (Å²) in [6.07, 6.45) is -9.56. The number of carbonyl (C=O) groups excluding carboxylic acids is 1. The molecule has 0 aliphatic carbocycles. The van der Waals surface area contributed by atoms with Gasteiger partial charge in [0.25, 0.3) is 0 Å². The van der Waals surface area contributed by atoms with Crippen molar-refractivity contribution in [3.8, 4) is 22.5 Å². The number of benzene rings is 2. The lowest BCUT2D eigenvalue weighted by atomic mass is 9.93. The molecule has 36 heavy (non-hydrogen) atoms. The van der Waals surface area contributed by atoms with Crippen molar-refractivity contribution in [2.45, 2.75) is 49.0 Å². The van der Waals surface area contributed by atoms with Crippen LogP contribution in [0.2, 0.25) is 0 Å². The maximum atomic E-state index is 13.0. The molecule has 2 heterocycles. The van der Waals surface area contributed by atoms with Crippen molar-refractivity contribution >= 4 is 17.7 Å². The van der Waals surface area contributed by atoms with Crippen LogP contribution in [-0.4, -0.2) is 38.5 Å². The molecule has 1 saturated heterocycles. The van der Waals surface area contributed by atoms with E-state index in [1.54, 1.807) is 0 Å². The van der Waals surface area contributed by atoms with Crippen LogP contribution in [0.25, 0.3) is 22.5 Å². The fourth-order valence-electron chi connectivity index (χ4n) is 3.89. The fourth-order valence-corrected chi connectivity index (χ4v) is 4.75. The lowest BCUT2D eigenvalue weighted by Crippen LogP contribution is -2.41. The molecule has 0 spiro atoms. The minimum absolute atomic E-state index is 0.120. The van der Waals surface area contributed by atoms with Gasteiger partial charge in [-0.2, -0.15) is 26.3 Å². The van der Waals surface area contributed by atoms with E-state index in [2.05, 4.69) is 9.97 Å². The highest BCUT2D eigenvalue weighted by Crippen LogP contribution is 2.37.